The minimum absolute atomic E-state index is 0.00963. The van der Waals surface area contributed by atoms with Gasteiger partial charge >= 0.3 is 0 Å². The predicted molar refractivity (Wildman–Crippen MR) is 64.6 cm³/mol. The van der Waals surface area contributed by atoms with E-state index in [1.54, 1.807) is 13.0 Å². The van der Waals surface area contributed by atoms with Gasteiger partial charge in [0.15, 0.2) is 0 Å². The predicted octanol–water partition coefficient (Wildman–Crippen LogP) is 3.71. The molecule has 16 heavy (non-hydrogen) atoms. The fraction of sp³-hybridized carbons (Fsp3) is 0.571. The van der Waals surface area contributed by atoms with Crippen molar-refractivity contribution in [2.75, 3.05) is 0 Å². The van der Waals surface area contributed by atoms with Gasteiger partial charge in [-0.15, -0.1) is 0 Å². The molecule has 0 bridgehead atoms. The minimum atomic E-state index is -0.135. The second kappa shape index (κ2) is 4.96. The number of rotatable bonds is 2. The molecule has 1 atom stereocenters. The lowest BCUT2D eigenvalue weighted by Crippen LogP contribution is -2.23. The lowest BCUT2D eigenvalue weighted by atomic mass is 9.81. The van der Waals surface area contributed by atoms with Crippen molar-refractivity contribution in [1.82, 2.24) is 0 Å². The maximum atomic E-state index is 13.5. The first kappa shape index (κ1) is 11.6. The molecule has 2 heteroatoms. The summed E-state index contributed by atoms with van der Waals surface area (Å²) in [6, 6.07) is 5.41. The molecule has 1 aromatic carbocycles. The standard InChI is InChI=1S/C14H20FN/c1-10-7-8-12(9-13(10)15)14(16)11-5-3-2-4-6-11/h7-9,11,14H,2-6,16H2,1H3/t14-/m1/s1. The Morgan fingerprint density at radius 1 is 1.25 bits per heavy atom. The van der Waals surface area contributed by atoms with E-state index in [0.717, 1.165) is 5.56 Å². The maximum absolute atomic E-state index is 13.5. The van der Waals surface area contributed by atoms with Gasteiger partial charge in [0.2, 0.25) is 0 Å². The highest BCUT2D eigenvalue weighted by molar-refractivity contribution is 5.26. The van der Waals surface area contributed by atoms with Crippen LogP contribution in [0, 0.1) is 18.7 Å². The van der Waals surface area contributed by atoms with Gasteiger partial charge in [0, 0.05) is 6.04 Å². The van der Waals surface area contributed by atoms with Gasteiger partial charge in [-0.05, 0) is 42.9 Å². The SMILES string of the molecule is Cc1ccc([C@H](N)C2CCCCC2)cc1F. The molecular formula is C14H20FN. The number of aryl methyl sites for hydroxylation is 1. The van der Waals surface area contributed by atoms with E-state index < -0.39 is 0 Å². The quantitative estimate of drug-likeness (QED) is 0.809. The molecule has 0 amide bonds. The molecular weight excluding hydrogens is 201 g/mol. The van der Waals surface area contributed by atoms with Gasteiger partial charge in [-0.1, -0.05) is 31.4 Å². The number of benzene rings is 1. The Kier molecular flexibility index (Phi) is 3.59. The third-order valence-corrected chi connectivity index (χ3v) is 3.74. The van der Waals surface area contributed by atoms with Gasteiger partial charge in [-0.25, -0.2) is 4.39 Å². The molecule has 1 fully saturated rings. The van der Waals surface area contributed by atoms with Crippen LogP contribution in [0.5, 0.6) is 0 Å². The van der Waals surface area contributed by atoms with E-state index in [9.17, 15) is 4.39 Å². The Bertz CT molecular complexity index is 356. The van der Waals surface area contributed by atoms with E-state index in [-0.39, 0.29) is 11.9 Å². The summed E-state index contributed by atoms with van der Waals surface area (Å²) < 4.78 is 13.5. The number of halogens is 1. The highest BCUT2D eigenvalue weighted by Gasteiger charge is 2.22. The summed E-state index contributed by atoms with van der Waals surface area (Å²) in [7, 11) is 0. The van der Waals surface area contributed by atoms with Crippen LogP contribution >= 0.6 is 0 Å². The summed E-state index contributed by atoms with van der Waals surface area (Å²) in [5.74, 6) is 0.402. The molecule has 0 saturated heterocycles. The van der Waals surface area contributed by atoms with Crippen LogP contribution in [-0.2, 0) is 0 Å². The number of hydrogen-bond acceptors (Lipinski definition) is 1. The summed E-state index contributed by atoms with van der Waals surface area (Å²) in [5, 5.41) is 0. The molecule has 1 saturated carbocycles. The zero-order valence-electron chi connectivity index (χ0n) is 9.88. The second-order valence-electron chi connectivity index (χ2n) is 4.93. The lowest BCUT2D eigenvalue weighted by molar-refractivity contribution is 0.308. The van der Waals surface area contributed by atoms with Crippen molar-refractivity contribution in [1.29, 1.82) is 0 Å². The fourth-order valence-electron chi connectivity index (χ4n) is 2.58. The zero-order chi connectivity index (χ0) is 11.5. The molecule has 0 radical (unpaired) electrons. The Morgan fingerprint density at radius 2 is 1.94 bits per heavy atom. The maximum Gasteiger partial charge on any atom is 0.126 e. The molecule has 1 nitrogen and oxygen atoms in total. The smallest absolute Gasteiger partial charge is 0.126 e. The van der Waals surface area contributed by atoms with Gasteiger partial charge in [0.1, 0.15) is 5.82 Å². The van der Waals surface area contributed by atoms with Crippen LogP contribution in [0.3, 0.4) is 0 Å². The van der Waals surface area contributed by atoms with E-state index in [1.165, 1.54) is 32.1 Å². The molecule has 1 aliphatic carbocycles. The molecule has 0 heterocycles. The van der Waals surface area contributed by atoms with Crippen LogP contribution in [0.2, 0.25) is 0 Å². The Labute approximate surface area is 96.9 Å². The summed E-state index contributed by atoms with van der Waals surface area (Å²) >= 11 is 0. The first-order valence-corrected chi connectivity index (χ1v) is 6.20. The van der Waals surface area contributed by atoms with Crippen LogP contribution in [0.15, 0.2) is 18.2 Å². The molecule has 0 aromatic heterocycles. The second-order valence-corrected chi connectivity index (χ2v) is 4.93. The molecule has 0 unspecified atom stereocenters. The lowest BCUT2D eigenvalue weighted by Gasteiger charge is -2.27. The summed E-state index contributed by atoms with van der Waals surface area (Å²) in [4.78, 5) is 0. The normalized spacial score (nSPS) is 19.7. The Balaban J connectivity index is 2.12. The highest BCUT2D eigenvalue weighted by Crippen LogP contribution is 2.33. The number of nitrogens with two attached hydrogens (primary N) is 1. The molecule has 1 aliphatic rings. The van der Waals surface area contributed by atoms with E-state index in [1.807, 2.05) is 12.1 Å². The Hall–Kier alpha value is -0.890. The van der Waals surface area contributed by atoms with Gasteiger partial charge in [0.25, 0.3) is 0 Å². The molecule has 2 rings (SSSR count). The van der Waals surface area contributed by atoms with Crippen molar-refractivity contribution in [3.63, 3.8) is 0 Å². The van der Waals surface area contributed by atoms with Crippen LogP contribution in [-0.4, -0.2) is 0 Å². The molecule has 2 N–H and O–H groups in total. The van der Waals surface area contributed by atoms with Crippen molar-refractivity contribution in [3.8, 4) is 0 Å². The largest absolute Gasteiger partial charge is 0.324 e. The van der Waals surface area contributed by atoms with Crippen LogP contribution < -0.4 is 5.73 Å². The van der Waals surface area contributed by atoms with Gasteiger partial charge in [0.05, 0.1) is 0 Å². The monoisotopic (exact) mass is 221 g/mol. The van der Waals surface area contributed by atoms with E-state index in [4.69, 9.17) is 5.73 Å². The zero-order valence-corrected chi connectivity index (χ0v) is 9.88. The summed E-state index contributed by atoms with van der Waals surface area (Å²) in [6.45, 7) is 1.78. The third kappa shape index (κ3) is 2.43. The van der Waals surface area contributed by atoms with Crippen molar-refractivity contribution in [2.45, 2.75) is 45.1 Å². The van der Waals surface area contributed by atoms with Gasteiger partial charge < -0.3 is 5.73 Å². The molecule has 1 aromatic rings. The average Bonchev–Trinajstić information content (AvgIpc) is 2.33. The highest BCUT2D eigenvalue weighted by atomic mass is 19.1. The minimum Gasteiger partial charge on any atom is -0.324 e. The van der Waals surface area contributed by atoms with Crippen LogP contribution in [0.1, 0.15) is 49.3 Å². The van der Waals surface area contributed by atoms with E-state index in [0.29, 0.717) is 11.5 Å². The van der Waals surface area contributed by atoms with Crippen molar-refractivity contribution in [3.05, 3.63) is 35.1 Å². The Morgan fingerprint density at radius 3 is 2.56 bits per heavy atom. The van der Waals surface area contributed by atoms with E-state index >= 15 is 0 Å². The first-order valence-electron chi connectivity index (χ1n) is 6.20. The van der Waals surface area contributed by atoms with Gasteiger partial charge in [-0.3, -0.25) is 0 Å². The average molecular weight is 221 g/mol. The number of hydrogen-bond donors (Lipinski definition) is 1. The van der Waals surface area contributed by atoms with Crippen LogP contribution in [0.4, 0.5) is 4.39 Å². The van der Waals surface area contributed by atoms with E-state index in [2.05, 4.69) is 0 Å². The third-order valence-electron chi connectivity index (χ3n) is 3.74. The van der Waals surface area contributed by atoms with Crippen LogP contribution in [0.25, 0.3) is 0 Å². The summed E-state index contributed by atoms with van der Waals surface area (Å²) in [6.07, 6.45) is 6.25. The van der Waals surface area contributed by atoms with Crippen molar-refractivity contribution in [2.24, 2.45) is 11.7 Å². The topological polar surface area (TPSA) is 26.0 Å². The molecule has 0 spiro atoms. The fourth-order valence-corrected chi connectivity index (χ4v) is 2.58. The molecule has 0 aliphatic heterocycles. The summed E-state index contributed by atoms with van der Waals surface area (Å²) in [5.41, 5.74) is 7.87. The molecule has 88 valence electrons. The van der Waals surface area contributed by atoms with Crippen molar-refractivity contribution < 1.29 is 4.39 Å². The van der Waals surface area contributed by atoms with Gasteiger partial charge in [-0.2, -0.15) is 0 Å². The van der Waals surface area contributed by atoms with Crippen molar-refractivity contribution >= 4 is 0 Å². The first-order chi connectivity index (χ1) is 7.68.